The third-order valence-electron chi connectivity index (χ3n) is 5.98. The predicted octanol–water partition coefficient (Wildman–Crippen LogP) is -4.49. The lowest BCUT2D eigenvalue weighted by molar-refractivity contribution is -0.382. The fraction of sp³-hybridized carbons (Fsp3) is 1.00. The van der Waals surface area contributed by atoms with E-state index in [1.807, 2.05) is 0 Å². The summed E-state index contributed by atoms with van der Waals surface area (Å²) in [6.07, 6.45) is -21.1. The van der Waals surface area contributed by atoms with Crippen molar-refractivity contribution in [3.8, 4) is 0 Å². The molecule has 0 amide bonds. The van der Waals surface area contributed by atoms with Crippen molar-refractivity contribution in [2.24, 2.45) is 0 Å². The van der Waals surface area contributed by atoms with E-state index >= 15 is 0 Å². The van der Waals surface area contributed by atoms with Crippen molar-refractivity contribution in [3.63, 3.8) is 0 Å². The molecule has 0 aliphatic carbocycles. The highest BCUT2D eigenvalue weighted by molar-refractivity contribution is 4.94. The predicted molar refractivity (Wildman–Crippen MR) is 97.0 cm³/mol. The first-order chi connectivity index (χ1) is 14.4. The summed E-state index contributed by atoms with van der Waals surface area (Å²) in [6.45, 7) is 4.34. The Morgan fingerprint density at radius 3 is 1.29 bits per heavy atom. The van der Waals surface area contributed by atoms with E-state index < -0.39 is 92.1 Å². The molecule has 13 heteroatoms. The lowest BCUT2D eigenvalue weighted by Crippen LogP contribution is -2.65. The van der Waals surface area contributed by atoms with Gasteiger partial charge in [-0.15, -0.1) is 0 Å². The molecule has 0 aromatic rings. The van der Waals surface area contributed by atoms with Gasteiger partial charge in [-0.25, -0.2) is 0 Å². The molecule has 0 spiro atoms. The highest BCUT2D eigenvalue weighted by atomic mass is 16.8. The van der Waals surface area contributed by atoms with Crippen LogP contribution in [0.3, 0.4) is 0 Å². The molecule has 15 atom stereocenters. The zero-order valence-electron chi connectivity index (χ0n) is 17.3. The number of hydrogen-bond donors (Lipinski definition) is 8. The molecule has 0 bridgehead atoms. The third-order valence-corrected chi connectivity index (χ3v) is 5.98. The maximum Gasteiger partial charge on any atom is 0.187 e. The molecule has 3 saturated heterocycles. The summed E-state index contributed by atoms with van der Waals surface area (Å²) >= 11 is 0. The molecule has 0 aromatic heterocycles. The summed E-state index contributed by atoms with van der Waals surface area (Å²) in [4.78, 5) is 0. The van der Waals surface area contributed by atoms with Gasteiger partial charge < -0.3 is 64.5 Å². The molecule has 8 N–H and O–H groups in total. The first-order valence-corrected chi connectivity index (χ1v) is 10.2. The maximum absolute atomic E-state index is 10.6. The molecule has 31 heavy (non-hydrogen) atoms. The second-order valence-corrected chi connectivity index (χ2v) is 8.29. The van der Waals surface area contributed by atoms with Crippen LogP contribution in [0.4, 0.5) is 0 Å². The molecule has 3 aliphatic heterocycles. The molecular formula is C18H32O13. The van der Waals surface area contributed by atoms with Crippen molar-refractivity contribution in [2.45, 2.75) is 113 Å². The standard InChI is InChI=1S/C18H32O13/c1-4-7(19)10(22)12(24)17(28-4)30-14-9(21)6(3)27-16(26)15(14)31-18-13(25)11(23)8(20)5(2)29-18/h4-26H,1-3H3/t4-,5-,6+,7-,8-,9+,10+,11+,12+,13+,14-,15+,16-,17-,18-/m0/s1. The summed E-state index contributed by atoms with van der Waals surface area (Å²) in [7, 11) is 0. The van der Waals surface area contributed by atoms with Gasteiger partial charge in [-0.3, -0.25) is 0 Å². The summed E-state index contributed by atoms with van der Waals surface area (Å²) in [5.74, 6) is 0. The van der Waals surface area contributed by atoms with Crippen LogP contribution < -0.4 is 0 Å². The van der Waals surface area contributed by atoms with Crippen LogP contribution in [0.15, 0.2) is 0 Å². The molecule has 0 saturated carbocycles. The number of rotatable bonds is 4. The van der Waals surface area contributed by atoms with Gasteiger partial charge >= 0.3 is 0 Å². The Hall–Kier alpha value is -0.520. The fourth-order valence-electron chi connectivity index (χ4n) is 3.87. The maximum atomic E-state index is 10.6. The van der Waals surface area contributed by atoms with Crippen molar-refractivity contribution in [1.29, 1.82) is 0 Å². The number of aliphatic hydroxyl groups excluding tert-OH is 8. The van der Waals surface area contributed by atoms with Crippen LogP contribution in [0, 0.1) is 0 Å². The average Bonchev–Trinajstić information content (AvgIpc) is 2.72. The van der Waals surface area contributed by atoms with Gasteiger partial charge in [-0.2, -0.15) is 0 Å². The molecule has 3 aliphatic rings. The van der Waals surface area contributed by atoms with Gasteiger partial charge in [0.1, 0.15) is 54.9 Å². The minimum absolute atomic E-state index is 0.914. The van der Waals surface area contributed by atoms with Gasteiger partial charge in [-0.1, -0.05) is 0 Å². The first kappa shape index (κ1) is 25.1. The Labute approximate surface area is 178 Å². The van der Waals surface area contributed by atoms with E-state index in [9.17, 15) is 40.9 Å². The van der Waals surface area contributed by atoms with E-state index in [4.69, 9.17) is 23.7 Å². The lowest BCUT2D eigenvalue weighted by atomic mass is 9.97. The Bertz CT molecular complexity index is 595. The number of aliphatic hydroxyl groups is 8. The lowest BCUT2D eigenvalue weighted by Gasteiger charge is -2.47. The van der Waals surface area contributed by atoms with Crippen LogP contribution in [0.1, 0.15) is 20.8 Å². The second kappa shape index (κ2) is 9.77. The van der Waals surface area contributed by atoms with Gasteiger partial charge in [-0.05, 0) is 20.8 Å². The summed E-state index contributed by atoms with van der Waals surface area (Å²) in [5, 5.41) is 81.0. The van der Waals surface area contributed by atoms with E-state index in [1.54, 1.807) is 0 Å². The Morgan fingerprint density at radius 2 is 0.839 bits per heavy atom. The normalized spacial score (nSPS) is 56.4. The minimum Gasteiger partial charge on any atom is -0.388 e. The zero-order chi connectivity index (χ0) is 23.2. The zero-order valence-corrected chi connectivity index (χ0v) is 17.3. The van der Waals surface area contributed by atoms with Crippen LogP contribution in [-0.2, 0) is 23.7 Å². The van der Waals surface area contributed by atoms with E-state index in [1.165, 1.54) is 20.8 Å². The van der Waals surface area contributed by atoms with Crippen LogP contribution >= 0.6 is 0 Å². The first-order valence-electron chi connectivity index (χ1n) is 10.2. The fourth-order valence-corrected chi connectivity index (χ4v) is 3.87. The van der Waals surface area contributed by atoms with Gasteiger partial charge in [0, 0.05) is 0 Å². The highest BCUT2D eigenvalue weighted by Crippen LogP contribution is 2.32. The molecule has 0 radical (unpaired) electrons. The summed E-state index contributed by atoms with van der Waals surface area (Å²) in [6, 6.07) is 0. The molecule has 0 aromatic carbocycles. The van der Waals surface area contributed by atoms with Gasteiger partial charge in [0.05, 0.1) is 18.3 Å². The molecule has 13 nitrogen and oxygen atoms in total. The summed E-state index contributed by atoms with van der Waals surface area (Å²) in [5.41, 5.74) is 0. The highest BCUT2D eigenvalue weighted by Gasteiger charge is 2.52. The molecule has 3 fully saturated rings. The topological polar surface area (TPSA) is 208 Å². The average molecular weight is 456 g/mol. The van der Waals surface area contributed by atoms with E-state index in [0.29, 0.717) is 0 Å². The van der Waals surface area contributed by atoms with Crippen molar-refractivity contribution >= 4 is 0 Å². The van der Waals surface area contributed by atoms with Crippen molar-refractivity contribution in [3.05, 3.63) is 0 Å². The summed E-state index contributed by atoms with van der Waals surface area (Å²) < 4.78 is 27.2. The van der Waals surface area contributed by atoms with E-state index in [2.05, 4.69) is 0 Å². The number of ether oxygens (including phenoxy) is 5. The van der Waals surface area contributed by atoms with Crippen LogP contribution in [0.25, 0.3) is 0 Å². The van der Waals surface area contributed by atoms with Gasteiger partial charge in [0.25, 0.3) is 0 Å². The van der Waals surface area contributed by atoms with Crippen molar-refractivity contribution in [1.82, 2.24) is 0 Å². The van der Waals surface area contributed by atoms with Crippen LogP contribution in [-0.4, -0.2) is 133 Å². The van der Waals surface area contributed by atoms with E-state index in [0.717, 1.165) is 0 Å². The SMILES string of the molecule is C[C@@H]1O[C@@H](O[C@@H]2[C@@H](O[C@@H]3O[C@@H](C)[C@H](O)[C@@H](O)[C@H]3O)[C@H](O)[C@@H](C)O[C@@H]2O)[C@H](O)[C@H](O)[C@H]1O. The van der Waals surface area contributed by atoms with Crippen LogP contribution in [0.2, 0.25) is 0 Å². The third kappa shape index (κ3) is 4.89. The monoisotopic (exact) mass is 456 g/mol. The van der Waals surface area contributed by atoms with E-state index in [-0.39, 0.29) is 0 Å². The smallest absolute Gasteiger partial charge is 0.187 e. The number of hydrogen-bond acceptors (Lipinski definition) is 13. The Morgan fingerprint density at radius 1 is 0.452 bits per heavy atom. The van der Waals surface area contributed by atoms with Gasteiger partial charge in [0.15, 0.2) is 18.9 Å². The Kier molecular flexibility index (Phi) is 7.91. The molecule has 3 heterocycles. The molecule has 182 valence electrons. The molecular weight excluding hydrogens is 424 g/mol. The minimum atomic E-state index is -1.69. The van der Waals surface area contributed by atoms with Crippen molar-refractivity contribution < 1.29 is 64.5 Å². The molecule has 3 rings (SSSR count). The molecule has 0 unspecified atom stereocenters. The second-order valence-electron chi connectivity index (χ2n) is 8.29. The van der Waals surface area contributed by atoms with Gasteiger partial charge in [0.2, 0.25) is 0 Å². The quantitative estimate of drug-likeness (QED) is 0.201. The largest absolute Gasteiger partial charge is 0.388 e. The van der Waals surface area contributed by atoms with Crippen LogP contribution in [0.5, 0.6) is 0 Å². The van der Waals surface area contributed by atoms with Crippen molar-refractivity contribution in [2.75, 3.05) is 0 Å². The Balaban J connectivity index is 1.78.